The van der Waals surface area contributed by atoms with Gasteiger partial charge in [0.25, 0.3) is 0 Å². The van der Waals surface area contributed by atoms with E-state index in [0.29, 0.717) is 28.8 Å². The van der Waals surface area contributed by atoms with Gasteiger partial charge >= 0.3 is 0 Å². The zero-order valence-electron chi connectivity index (χ0n) is 17.9. The van der Waals surface area contributed by atoms with Gasteiger partial charge in [-0.1, -0.05) is 12.1 Å². The second-order valence-electron chi connectivity index (χ2n) is 7.25. The van der Waals surface area contributed by atoms with Gasteiger partial charge in [0.05, 0.1) is 25.3 Å². The molecule has 7 heteroatoms. The summed E-state index contributed by atoms with van der Waals surface area (Å²) in [5.74, 6) is 2.23. The minimum Gasteiger partial charge on any atom is -0.493 e. The van der Waals surface area contributed by atoms with Crippen molar-refractivity contribution in [1.29, 1.82) is 0 Å². The Kier molecular flexibility index (Phi) is 7.65. The van der Waals surface area contributed by atoms with E-state index in [-0.39, 0.29) is 31.3 Å². The van der Waals surface area contributed by atoms with Gasteiger partial charge in [0.15, 0.2) is 11.5 Å². The van der Waals surface area contributed by atoms with E-state index in [1.807, 2.05) is 26.0 Å². The standard InChI is InChI=1S/C24H26FNO5/c1-16(2)31-23-13-18(6-9-22(23)28-3)24-26-19(15-30-24)14-20(27)12-17-4-7-21(8-5-17)29-11-10-25/h4-9,13,15-16H,10-12,14H2,1-3H3. The van der Waals surface area contributed by atoms with Gasteiger partial charge in [0, 0.05) is 12.0 Å². The third-order valence-electron chi connectivity index (χ3n) is 4.37. The van der Waals surface area contributed by atoms with Gasteiger partial charge in [-0.05, 0) is 49.7 Å². The molecular formula is C24H26FNO5. The molecule has 2 aromatic carbocycles. The third kappa shape index (κ3) is 6.31. The largest absolute Gasteiger partial charge is 0.493 e. The fourth-order valence-corrected chi connectivity index (χ4v) is 3.03. The van der Waals surface area contributed by atoms with Crippen LogP contribution in [0.25, 0.3) is 11.5 Å². The van der Waals surface area contributed by atoms with Crippen LogP contribution in [-0.2, 0) is 17.6 Å². The number of halogens is 1. The van der Waals surface area contributed by atoms with Gasteiger partial charge in [-0.15, -0.1) is 0 Å². The number of ether oxygens (including phenoxy) is 3. The van der Waals surface area contributed by atoms with Gasteiger partial charge in [-0.2, -0.15) is 0 Å². The van der Waals surface area contributed by atoms with Crippen molar-refractivity contribution in [2.45, 2.75) is 32.8 Å². The molecule has 0 unspecified atom stereocenters. The summed E-state index contributed by atoms with van der Waals surface area (Å²) in [4.78, 5) is 16.9. The maximum atomic E-state index is 12.4. The zero-order valence-corrected chi connectivity index (χ0v) is 17.9. The van der Waals surface area contributed by atoms with Crippen LogP contribution in [0.5, 0.6) is 17.2 Å². The fraction of sp³-hybridized carbons (Fsp3) is 0.333. The molecule has 1 aromatic heterocycles. The summed E-state index contributed by atoms with van der Waals surface area (Å²) in [5.41, 5.74) is 2.15. The maximum absolute atomic E-state index is 12.4. The molecule has 6 nitrogen and oxygen atoms in total. The SMILES string of the molecule is COc1ccc(-c2nc(CC(=O)Cc3ccc(OCCF)cc3)co2)cc1OC(C)C. The molecule has 3 rings (SSSR count). The van der Waals surface area contributed by atoms with Gasteiger partial charge < -0.3 is 18.6 Å². The second-order valence-corrected chi connectivity index (χ2v) is 7.25. The highest BCUT2D eigenvalue weighted by atomic mass is 19.1. The lowest BCUT2D eigenvalue weighted by Crippen LogP contribution is -2.07. The molecule has 0 amide bonds. The fourth-order valence-electron chi connectivity index (χ4n) is 3.03. The van der Waals surface area contributed by atoms with E-state index in [2.05, 4.69) is 4.98 Å². The summed E-state index contributed by atoms with van der Waals surface area (Å²) in [6, 6.07) is 12.5. The van der Waals surface area contributed by atoms with Gasteiger partial charge in [-0.3, -0.25) is 4.79 Å². The molecule has 0 saturated heterocycles. The van der Waals surface area contributed by atoms with Crippen molar-refractivity contribution in [3.8, 4) is 28.7 Å². The molecule has 0 aliphatic heterocycles. The van der Waals surface area contributed by atoms with E-state index in [1.165, 1.54) is 6.26 Å². The van der Waals surface area contributed by atoms with Crippen LogP contribution in [0.2, 0.25) is 0 Å². The highest BCUT2D eigenvalue weighted by molar-refractivity contribution is 5.82. The first kappa shape index (κ1) is 22.3. The monoisotopic (exact) mass is 427 g/mol. The second kappa shape index (κ2) is 10.6. The first-order valence-electron chi connectivity index (χ1n) is 10.1. The van der Waals surface area contributed by atoms with Crippen LogP contribution in [0.4, 0.5) is 4.39 Å². The van der Waals surface area contributed by atoms with Crippen molar-refractivity contribution in [1.82, 2.24) is 4.98 Å². The Hall–Kier alpha value is -3.35. The predicted molar refractivity (Wildman–Crippen MR) is 115 cm³/mol. The number of benzene rings is 2. The summed E-state index contributed by atoms with van der Waals surface area (Å²) in [6.45, 7) is 3.35. The average Bonchev–Trinajstić information content (AvgIpc) is 3.21. The lowest BCUT2D eigenvalue weighted by Gasteiger charge is -2.13. The molecular weight excluding hydrogens is 401 g/mol. The van der Waals surface area contributed by atoms with Crippen LogP contribution in [0.15, 0.2) is 53.1 Å². The van der Waals surface area contributed by atoms with E-state index in [4.69, 9.17) is 18.6 Å². The van der Waals surface area contributed by atoms with Crippen molar-refractivity contribution < 1.29 is 27.8 Å². The lowest BCUT2D eigenvalue weighted by molar-refractivity contribution is -0.117. The Morgan fingerprint density at radius 3 is 2.55 bits per heavy atom. The zero-order chi connectivity index (χ0) is 22.2. The first-order valence-corrected chi connectivity index (χ1v) is 10.1. The summed E-state index contributed by atoms with van der Waals surface area (Å²) < 4.78 is 34.1. The topological polar surface area (TPSA) is 70.8 Å². The smallest absolute Gasteiger partial charge is 0.226 e. The number of ketones is 1. The summed E-state index contributed by atoms with van der Waals surface area (Å²) >= 11 is 0. The van der Waals surface area contributed by atoms with Crippen molar-refractivity contribution in [3.63, 3.8) is 0 Å². The number of oxazole rings is 1. The Balaban J connectivity index is 1.63. The molecule has 0 saturated carbocycles. The summed E-state index contributed by atoms with van der Waals surface area (Å²) in [5, 5.41) is 0. The summed E-state index contributed by atoms with van der Waals surface area (Å²) in [6.07, 6.45) is 1.91. The van der Waals surface area contributed by atoms with E-state index in [1.54, 1.807) is 37.4 Å². The van der Waals surface area contributed by atoms with E-state index < -0.39 is 6.67 Å². The van der Waals surface area contributed by atoms with Crippen molar-refractivity contribution in [2.24, 2.45) is 0 Å². The predicted octanol–water partition coefficient (Wildman–Crippen LogP) is 4.84. The molecule has 0 atom stereocenters. The normalized spacial score (nSPS) is 10.9. The summed E-state index contributed by atoms with van der Waals surface area (Å²) in [7, 11) is 1.59. The molecule has 0 aliphatic rings. The molecule has 0 radical (unpaired) electrons. The average molecular weight is 427 g/mol. The minimum atomic E-state index is -0.539. The maximum Gasteiger partial charge on any atom is 0.226 e. The first-order chi connectivity index (χ1) is 15.0. The molecule has 3 aromatic rings. The molecule has 1 heterocycles. The number of carbonyl (C=O) groups is 1. The quantitative estimate of drug-likeness (QED) is 0.436. The molecule has 164 valence electrons. The number of carbonyl (C=O) groups excluding carboxylic acids is 1. The van der Waals surface area contributed by atoms with Crippen molar-refractivity contribution in [2.75, 3.05) is 20.4 Å². The molecule has 0 spiro atoms. The Bertz CT molecular complexity index is 997. The number of nitrogens with zero attached hydrogens (tertiary/aromatic N) is 1. The van der Waals surface area contributed by atoms with Gasteiger partial charge in [0.2, 0.25) is 5.89 Å². The van der Waals surface area contributed by atoms with Crippen molar-refractivity contribution >= 4 is 5.78 Å². The third-order valence-corrected chi connectivity index (χ3v) is 4.37. The van der Waals surface area contributed by atoms with E-state index in [9.17, 15) is 9.18 Å². The van der Waals surface area contributed by atoms with Crippen LogP contribution >= 0.6 is 0 Å². The molecule has 0 N–H and O–H groups in total. The molecule has 0 aliphatic carbocycles. The highest BCUT2D eigenvalue weighted by Gasteiger charge is 2.14. The van der Waals surface area contributed by atoms with Gasteiger partial charge in [0.1, 0.15) is 31.1 Å². The van der Waals surface area contributed by atoms with Gasteiger partial charge in [-0.25, -0.2) is 9.37 Å². The van der Waals surface area contributed by atoms with Crippen molar-refractivity contribution in [3.05, 3.63) is 60.0 Å². The number of methoxy groups -OCH3 is 1. The van der Waals surface area contributed by atoms with Crippen LogP contribution in [0.3, 0.4) is 0 Å². The van der Waals surface area contributed by atoms with Crippen LogP contribution in [0, 0.1) is 0 Å². The molecule has 0 bridgehead atoms. The van der Waals surface area contributed by atoms with E-state index >= 15 is 0 Å². The Morgan fingerprint density at radius 1 is 1.10 bits per heavy atom. The number of alkyl halides is 1. The number of hydrogen-bond donors (Lipinski definition) is 0. The van der Waals surface area contributed by atoms with Crippen LogP contribution < -0.4 is 14.2 Å². The number of hydrogen-bond acceptors (Lipinski definition) is 6. The lowest BCUT2D eigenvalue weighted by atomic mass is 10.1. The number of aromatic nitrogens is 1. The van der Waals surface area contributed by atoms with Crippen LogP contribution in [0.1, 0.15) is 25.1 Å². The van der Waals surface area contributed by atoms with E-state index in [0.717, 1.165) is 11.1 Å². The molecule has 0 fully saturated rings. The number of rotatable bonds is 11. The Labute approximate surface area is 181 Å². The van der Waals surface area contributed by atoms with Crippen LogP contribution in [-0.4, -0.2) is 37.3 Å². The highest BCUT2D eigenvalue weighted by Crippen LogP contribution is 2.33. The number of Topliss-reactive ketones (excluding diaryl/α,β-unsaturated/α-hetero) is 1. The molecule has 31 heavy (non-hydrogen) atoms. The Morgan fingerprint density at radius 2 is 1.87 bits per heavy atom. The minimum absolute atomic E-state index is 0.00813.